The van der Waals surface area contributed by atoms with Crippen molar-refractivity contribution in [3.63, 3.8) is 0 Å². The lowest BCUT2D eigenvalue weighted by molar-refractivity contribution is -0.0111. The summed E-state index contributed by atoms with van der Waals surface area (Å²) in [6.45, 7) is 9.85. The zero-order valence-electron chi connectivity index (χ0n) is 14.1. The molecule has 0 bridgehead atoms. The summed E-state index contributed by atoms with van der Waals surface area (Å²) >= 11 is 0. The molecule has 3 nitrogen and oxygen atoms in total. The Morgan fingerprint density at radius 2 is 1.67 bits per heavy atom. The van der Waals surface area contributed by atoms with Crippen LogP contribution in [-0.2, 0) is 4.74 Å². The summed E-state index contributed by atoms with van der Waals surface area (Å²) in [6.07, 6.45) is 11.8. The Balaban J connectivity index is 1.42. The maximum atomic E-state index is 5.48. The lowest BCUT2D eigenvalue weighted by atomic mass is 9.71. The van der Waals surface area contributed by atoms with Crippen molar-refractivity contribution in [1.29, 1.82) is 0 Å². The van der Waals surface area contributed by atoms with E-state index in [0.717, 1.165) is 44.3 Å². The Morgan fingerprint density at radius 3 is 2.29 bits per heavy atom. The molecule has 1 heterocycles. The molecule has 1 aliphatic heterocycles. The van der Waals surface area contributed by atoms with Gasteiger partial charge in [0.15, 0.2) is 0 Å². The van der Waals surface area contributed by atoms with Gasteiger partial charge in [0.05, 0.1) is 13.2 Å². The lowest BCUT2D eigenvalue weighted by Crippen LogP contribution is -2.56. The summed E-state index contributed by atoms with van der Waals surface area (Å²) in [5.74, 6) is 0. The Morgan fingerprint density at radius 1 is 1.05 bits per heavy atom. The summed E-state index contributed by atoms with van der Waals surface area (Å²) in [5, 5.41) is 3.88. The van der Waals surface area contributed by atoms with Gasteiger partial charge in [0.25, 0.3) is 0 Å². The second-order valence-electron chi connectivity index (χ2n) is 8.27. The second-order valence-corrected chi connectivity index (χ2v) is 8.27. The summed E-state index contributed by atoms with van der Waals surface area (Å²) in [7, 11) is 0. The van der Waals surface area contributed by atoms with Crippen LogP contribution in [0.4, 0.5) is 0 Å². The van der Waals surface area contributed by atoms with Gasteiger partial charge in [0.1, 0.15) is 0 Å². The van der Waals surface area contributed by atoms with Crippen LogP contribution in [-0.4, -0.2) is 49.3 Å². The van der Waals surface area contributed by atoms with Gasteiger partial charge < -0.3 is 10.1 Å². The molecular formula is C18H34N2O. The van der Waals surface area contributed by atoms with Crippen molar-refractivity contribution >= 4 is 0 Å². The molecule has 0 aromatic rings. The molecule has 1 N–H and O–H groups in total. The molecule has 0 radical (unpaired) electrons. The quantitative estimate of drug-likeness (QED) is 0.862. The minimum absolute atomic E-state index is 0.256. The highest BCUT2D eigenvalue weighted by Gasteiger charge is 2.38. The Bertz CT molecular complexity index is 320. The molecule has 0 unspecified atom stereocenters. The van der Waals surface area contributed by atoms with Gasteiger partial charge in [-0.15, -0.1) is 0 Å². The smallest absolute Gasteiger partial charge is 0.0594 e. The van der Waals surface area contributed by atoms with Crippen LogP contribution in [0.1, 0.15) is 65.2 Å². The van der Waals surface area contributed by atoms with Gasteiger partial charge in [0.2, 0.25) is 0 Å². The summed E-state index contributed by atoms with van der Waals surface area (Å²) in [4.78, 5) is 2.59. The summed E-state index contributed by atoms with van der Waals surface area (Å²) < 4.78 is 5.48. The fourth-order valence-electron chi connectivity index (χ4n) is 4.73. The van der Waals surface area contributed by atoms with Crippen LogP contribution in [0.15, 0.2) is 0 Å². The minimum atomic E-state index is 0.256. The zero-order valence-corrected chi connectivity index (χ0v) is 14.1. The molecule has 0 amide bonds. The van der Waals surface area contributed by atoms with Crippen molar-refractivity contribution in [3.8, 4) is 0 Å². The van der Waals surface area contributed by atoms with Crippen LogP contribution >= 0.6 is 0 Å². The van der Waals surface area contributed by atoms with E-state index in [2.05, 4.69) is 24.1 Å². The van der Waals surface area contributed by atoms with Crippen molar-refractivity contribution in [2.24, 2.45) is 5.41 Å². The monoisotopic (exact) mass is 294 g/mol. The molecule has 0 aromatic carbocycles. The van der Waals surface area contributed by atoms with E-state index in [9.17, 15) is 0 Å². The second kappa shape index (κ2) is 6.55. The van der Waals surface area contributed by atoms with Gasteiger partial charge in [-0.2, -0.15) is 0 Å². The van der Waals surface area contributed by atoms with Crippen LogP contribution in [0.2, 0.25) is 0 Å². The van der Waals surface area contributed by atoms with Gasteiger partial charge in [-0.3, -0.25) is 4.90 Å². The highest BCUT2D eigenvalue weighted by molar-refractivity contribution is 4.93. The van der Waals surface area contributed by atoms with Crippen molar-refractivity contribution in [2.45, 2.75) is 76.8 Å². The van der Waals surface area contributed by atoms with E-state index in [1.807, 2.05) is 0 Å². The van der Waals surface area contributed by atoms with Crippen molar-refractivity contribution < 1.29 is 4.74 Å². The Hall–Kier alpha value is -0.120. The molecule has 3 fully saturated rings. The summed E-state index contributed by atoms with van der Waals surface area (Å²) in [6, 6.07) is 0.761. The third-order valence-corrected chi connectivity index (χ3v) is 6.40. The molecule has 0 atom stereocenters. The molecule has 0 aromatic heterocycles. The van der Waals surface area contributed by atoms with Gasteiger partial charge in [-0.25, -0.2) is 0 Å². The third kappa shape index (κ3) is 3.80. The van der Waals surface area contributed by atoms with Crippen molar-refractivity contribution in [2.75, 3.05) is 32.8 Å². The van der Waals surface area contributed by atoms with Gasteiger partial charge >= 0.3 is 0 Å². The molecule has 3 aliphatic rings. The molecular weight excluding hydrogens is 260 g/mol. The number of ether oxygens (including phenoxy) is 1. The predicted octanol–water partition coefficient (Wildman–Crippen LogP) is 3.19. The predicted molar refractivity (Wildman–Crippen MR) is 87.6 cm³/mol. The first-order valence-electron chi connectivity index (χ1n) is 9.16. The average Bonchev–Trinajstić information content (AvgIpc) is 2.96. The number of nitrogens with one attached hydrogen (secondary N) is 1. The van der Waals surface area contributed by atoms with Crippen LogP contribution in [0.3, 0.4) is 0 Å². The van der Waals surface area contributed by atoms with Crippen LogP contribution in [0.5, 0.6) is 0 Å². The molecule has 1 saturated heterocycles. The van der Waals surface area contributed by atoms with Gasteiger partial charge in [-0.05, 0) is 57.8 Å². The first-order valence-corrected chi connectivity index (χ1v) is 9.16. The molecule has 2 aliphatic carbocycles. The van der Waals surface area contributed by atoms with E-state index in [4.69, 9.17) is 4.74 Å². The highest BCUT2D eigenvalue weighted by Crippen LogP contribution is 2.48. The van der Waals surface area contributed by atoms with E-state index in [1.54, 1.807) is 0 Å². The summed E-state index contributed by atoms with van der Waals surface area (Å²) in [5.41, 5.74) is 1.02. The maximum absolute atomic E-state index is 5.48. The van der Waals surface area contributed by atoms with Gasteiger partial charge in [0, 0.05) is 31.2 Å². The fourth-order valence-corrected chi connectivity index (χ4v) is 4.73. The lowest BCUT2D eigenvalue weighted by Gasteiger charge is -2.43. The Kier molecular flexibility index (Phi) is 4.92. The first-order chi connectivity index (χ1) is 10.1. The molecule has 3 heteroatoms. The number of nitrogens with zero attached hydrogens (tertiary/aromatic N) is 1. The molecule has 1 spiro atoms. The van der Waals surface area contributed by atoms with Gasteiger partial charge in [-0.1, -0.05) is 12.8 Å². The topological polar surface area (TPSA) is 24.5 Å². The standard InChI is InChI=1S/C18H34N2O/c1-17(2,20-11-13-21-14-12-20)15-19-16-5-9-18(10-6-16)7-3-4-8-18/h16,19H,3-15H2,1-2H3. The third-order valence-electron chi connectivity index (χ3n) is 6.40. The van der Waals surface area contributed by atoms with E-state index in [0.29, 0.717) is 0 Å². The zero-order chi connectivity index (χ0) is 14.8. The molecule has 3 rings (SSSR count). The van der Waals surface area contributed by atoms with E-state index < -0.39 is 0 Å². The van der Waals surface area contributed by atoms with Crippen LogP contribution < -0.4 is 5.32 Å². The maximum Gasteiger partial charge on any atom is 0.0594 e. The van der Waals surface area contributed by atoms with Crippen molar-refractivity contribution in [3.05, 3.63) is 0 Å². The molecule has 2 saturated carbocycles. The van der Waals surface area contributed by atoms with E-state index in [1.165, 1.54) is 51.4 Å². The first kappa shape index (κ1) is 15.8. The molecule has 21 heavy (non-hydrogen) atoms. The highest BCUT2D eigenvalue weighted by atomic mass is 16.5. The van der Waals surface area contributed by atoms with E-state index >= 15 is 0 Å². The number of hydrogen-bond acceptors (Lipinski definition) is 3. The van der Waals surface area contributed by atoms with Crippen LogP contribution in [0.25, 0.3) is 0 Å². The van der Waals surface area contributed by atoms with Crippen molar-refractivity contribution in [1.82, 2.24) is 10.2 Å². The van der Waals surface area contributed by atoms with E-state index in [-0.39, 0.29) is 5.54 Å². The minimum Gasteiger partial charge on any atom is -0.379 e. The fraction of sp³-hybridized carbons (Fsp3) is 1.00. The number of rotatable bonds is 4. The average molecular weight is 294 g/mol. The molecule has 122 valence electrons. The largest absolute Gasteiger partial charge is 0.379 e. The SMILES string of the molecule is CC(C)(CNC1CCC2(CCCC2)CC1)N1CCOCC1. The number of morpholine rings is 1. The normalized spacial score (nSPS) is 28.3. The number of hydrogen-bond donors (Lipinski definition) is 1. The van der Waals surface area contributed by atoms with Crippen LogP contribution in [0, 0.1) is 5.41 Å². The Labute approximate surface area is 130 Å².